The Bertz CT molecular complexity index is 2080. The molecule has 0 spiro atoms. The minimum Gasteiger partial charge on any atom is -0.462 e. The largest absolute Gasteiger partial charge is 0.472 e. The van der Waals surface area contributed by atoms with E-state index >= 15 is 0 Å². The monoisotopic (exact) mass is 1590 g/mol. The third kappa shape index (κ3) is 83.8. The highest BCUT2D eigenvalue weighted by atomic mass is 31.2. The molecule has 0 saturated carbocycles. The summed E-state index contributed by atoms with van der Waals surface area (Å²) in [6.45, 7) is 9.73. The number of carbonyl (C=O) groups excluding carboxylic acids is 4. The number of rotatable bonds is 89. The van der Waals surface area contributed by atoms with Crippen molar-refractivity contribution in [3.63, 3.8) is 0 Å². The fraction of sp³-hybridized carbons (Fsp3) is 0.956. The lowest BCUT2D eigenvalue weighted by atomic mass is 10.0. The van der Waals surface area contributed by atoms with Gasteiger partial charge < -0.3 is 33.8 Å². The normalized spacial score (nSPS) is 13.8. The van der Waals surface area contributed by atoms with Crippen LogP contribution >= 0.6 is 15.6 Å². The molecule has 5 atom stereocenters. The van der Waals surface area contributed by atoms with Crippen LogP contribution in [0.3, 0.4) is 0 Å². The number of aliphatic hydroxyl groups excluding tert-OH is 1. The molecular formula is C90H176O17P2. The Labute approximate surface area is 670 Å². The second kappa shape index (κ2) is 81.2. The number of phosphoric acid groups is 2. The van der Waals surface area contributed by atoms with Gasteiger partial charge in [-0.2, -0.15) is 0 Å². The molecule has 0 saturated heterocycles. The highest BCUT2D eigenvalue weighted by molar-refractivity contribution is 7.47. The zero-order valence-electron chi connectivity index (χ0n) is 71.9. The number of hydrogen-bond donors (Lipinski definition) is 3. The number of unbranched alkanes of at least 4 members (excludes halogenated alkanes) is 59. The summed E-state index contributed by atoms with van der Waals surface area (Å²) in [5.74, 6) is -0.475. The summed E-state index contributed by atoms with van der Waals surface area (Å²) >= 11 is 0. The molecule has 2 unspecified atom stereocenters. The number of hydrogen-bond acceptors (Lipinski definition) is 15. The summed E-state index contributed by atoms with van der Waals surface area (Å²) in [7, 11) is -9.93. The van der Waals surface area contributed by atoms with E-state index in [1.54, 1.807) is 0 Å². The van der Waals surface area contributed by atoms with Crippen molar-refractivity contribution in [3.05, 3.63) is 0 Å². The molecule has 0 aliphatic rings. The van der Waals surface area contributed by atoms with Crippen LogP contribution in [0.15, 0.2) is 0 Å². The van der Waals surface area contributed by atoms with Crippen molar-refractivity contribution in [3.8, 4) is 0 Å². The van der Waals surface area contributed by atoms with Crippen molar-refractivity contribution < 1.29 is 80.2 Å². The molecule has 0 bridgehead atoms. The Morgan fingerprint density at radius 3 is 0.624 bits per heavy atom. The van der Waals surface area contributed by atoms with Crippen LogP contribution in [0, 0.1) is 11.8 Å². The van der Waals surface area contributed by atoms with E-state index in [-0.39, 0.29) is 25.7 Å². The molecule has 0 aromatic heterocycles. The first kappa shape index (κ1) is 107. The van der Waals surface area contributed by atoms with Gasteiger partial charge in [0, 0.05) is 25.7 Å². The summed E-state index contributed by atoms with van der Waals surface area (Å²) in [6.07, 6.45) is 75.3. The highest BCUT2D eigenvalue weighted by Crippen LogP contribution is 2.45. The zero-order chi connectivity index (χ0) is 79.9. The first-order chi connectivity index (χ1) is 52.9. The van der Waals surface area contributed by atoms with Crippen molar-refractivity contribution in [1.82, 2.24) is 0 Å². The summed E-state index contributed by atoms with van der Waals surface area (Å²) < 4.78 is 68.9. The molecule has 0 aliphatic heterocycles. The van der Waals surface area contributed by atoms with Crippen molar-refractivity contribution in [2.75, 3.05) is 39.6 Å². The SMILES string of the molecule is CCCCCCCCCCCCCCCCCCCCCCCCC(=O)O[C@H](COC(=O)CCCCCCCCCCCCCCCCCCCCC(C)C)COP(=O)(O)OC[C@@H](O)COP(=O)(O)OC[C@@H](COC(=O)CCCCCCCCCC)OC(=O)CCCCCCCCCCCCCCCCCC(C)C. The summed E-state index contributed by atoms with van der Waals surface area (Å²) in [5, 5.41) is 10.7. The van der Waals surface area contributed by atoms with Gasteiger partial charge in [-0.05, 0) is 37.5 Å². The third-order valence-corrected chi connectivity index (χ3v) is 23.1. The molecule has 109 heavy (non-hydrogen) atoms. The molecule has 0 rings (SSSR count). The number of esters is 4. The standard InChI is InChI=1S/C90H176O17P2/c1-7-9-11-13-15-17-18-19-20-21-22-23-24-25-30-35-40-45-50-56-62-68-75-90(95)107-86(79-101-88(93)73-67-61-55-49-44-39-34-29-27-26-28-32-37-42-47-52-58-64-70-82(3)4)81-105-109(98,99)103-77-84(91)76-102-108(96,97)104-80-85(78-100-87(92)72-66-60-54-16-14-12-10-8-2)106-89(94)74-69-63-57-51-46-41-36-31-33-38-43-48-53-59-65-71-83(5)6/h82-86,91H,7-81H2,1-6H3,(H,96,97)(H,98,99)/t84-,85+,86+/m0/s1. The van der Waals surface area contributed by atoms with Gasteiger partial charge in [0.05, 0.1) is 26.4 Å². The van der Waals surface area contributed by atoms with E-state index in [2.05, 4.69) is 41.5 Å². The van der Waals surface area contributed by atoms with Crippen LogP contribution in [0.5, 0.6) is 0 Å². The average Bonchev–Trinajstić information content (AvgIpc) is 0.897. The Morgan fingerprint density at radius 1 is 0.248 bits per heavy atom. The van der Waals surface area contributed by atoms with E-state index in [4.69, 9.17) is 37.0 Å². The Hall–Kier alpha value is -1.94. The molecular weight excluding hydrogens is 1410 g/mol. The first-order valence-electron chi connectivity index (χ1n) is 46.5. The van der Waals surface area contributed by atoms with Gasteiger partial charge in [-0.1, -0.05) is 433 Å². The molecule has 0 aromatic rings. The van der Waals surface area contributed by atoms with E-state index in [0.717, 1.165) is 108 Å². The maximum Gasteiger partial charge on any atom is 0.472 e. The third-order valence-electron chi connectivity index (χ3n) is 21.2. The van der Waals surface area contributed by atoms with Crippen LogP contribution in [0.25, 0.3) is 0 Å². The lowest BCUT2D eigenvalue weighted by molar-refractivity contribution is -0.161. The van der Waals surface area contributed by atoms with E-state index in [9.17, 15) is 43.2 Å². The zero-order valence-corrected chi connectivity index (χ0v) is 73.7. The van der Waals surface area contributed by atoms with Crippen LogP contribution in [-0.4, -0.2) is 96.7 Å². The molecule has 17 nitrogen and oxygen atoms in total. The minimum atomic E-state index is -4.97. The number of aliphatic hydroxyl groups is 1. The van der Waals surface area contributed by atoms with Gasteiger partial charge in [0.2, 0.25) is 0 Å². The van der Waals surface area contributed by atoms with Gasteiger partial charge >= 0.3 is 39.5 Å². The maximum atomic E-state index is 13.2. The van der Waals surface area contributed by atoms with Crippen LogP contribution in [0.4, 0.5) is 0 Å². The topological polar surface area (TPSA) is 237 Å². The van der Waals surface area contributed by atoms with Crippen LogP contribution in [0.1, 0.15) is 485 Å². The fourth-order valence-corrected chi connectivity index (χ4v) is 15.7. The van der Waals surface area contributed by atoms with E-state index in [1.165, 1.54) is 295 Å². The van der Waals surface area contributed by atoms with Gasteiger partial charge in [0.15, 0.2) is 12.2 Å². The van der Waals surface area contributed by atoms with E-state index in [0.29, 0.717) is 25.7 Å². The van der Waals surface area contributed by atoms with Crippen LogP contribution in [0.2, 0.25) is 0 Å². The molecule has 648 valence electrons. The second-order valence-corrected chi connectivity index (χ2v) is 36.2. The molecule has 0 aliphatic carbocycles. The van der Waals surface area contributed by atoms with E-state index < -0.39 is 97.5 Å². The Balaban J connectivity index is 5.17. The van der Waals surface area contributed by atoms with Crippen molar-refractivity contribution in [2.45, 2.75) is 503 Å². The number of phosphoric ester groups is 2. The molecule has 0 heterocycles. The van der Waals surface area contributed by atoms with Crippen molar-refractivity contribution in [1.29, 1.82) is 0 Å². The number of ether oxygens (including phenoxy) is 4. The number of carbonyl (C=O) groups is 4. The smallest absolute Gasteiger partial charge is 0.462 e. The minimum absolute atomic E-state index is 0.108. The molecule has 19 heteroatoms. The van der Waals surface area contributed by atoms with Crippen molar-refractivity contribution >= 4 is 39.5 Å². The van der Waals surface area contributed by atoms with Gasteiger partial charge in [-0.3, -0.25) is 37.3 Å². The first-order valence-corrected chi connectivity index (χ1v) is 49.5. The summed E-state index contributed by atoms with van der Waals surface area (Å²) in [5.41, 5.74) is 0. The van der Waals surface area contributed by atoms with Crippen LogP contribution in [-0.2, 0) is 65.4 Å². The van der Waals surface area contributed by atoms with Crippen molar-refractivity contribution in [2.24, 2.45) is 11.8 Å². The predicted molar refractivity (Wildman–Crippen MR) is 451 cm³/mol. The van der Waals surface area contributed by atoms with Gasteiger partial charge in [0.25, 0.3) is 0 Å². The summed E-state index contributed by atoms with van der Waals surface area (Å²) in [4.78, 5) is 73.2. The van der Waals surface area contributed by atoms with Crippen LogP contribution < -0.4 is 0 Å². The Morgan fingerprint density at radius 2 is 0.422 bits per heavy atom. The van der Waals surface area contributed by atoms with Gasteiger partial charge in [-0.15, -0.1) is 0 Å². The Kier molecular flexibility index (Phi) is 79.8. The summed E-state index contributed by atoms with van der Waals surface area (Å²) in [6, 6.07) is 0. The molecule has 3 N–H and O–H groups in total. The highest BCUT2D eigenvalue weighted by Gasteiger charge is 2.31. The lowest BCUT2D eigenvalue weighted by Gasteiger charge is -2.21. The fourth-order valence-electron chi connectivity index (χ4n) is 14.1. The molecule has 0 radical (unpaired) electrons. The molecule has 0 aromatic carbocycles. The van der Waals surface area contributed by atoms with Gasteiger partial charge in [0.1, 0.15) is 19.3 Å². The predicted octanol–water partition coefficient (Wildman–Crippen LogP) is 27.8. The van der Waals surface area contributed by atoms with Gasteiger partial charge in [-0.25, -0.2) is 9.13 Å². The average molecular weight is 1590 g/mol. The van der Waals surface area contributed by atoms with E-state index in [1.807, 2.05) is 0 Å². The second-order valence-electron chi connectivity index (χ2n) is 33.3. The lowest BCUT2D eigenvalue weighted by Crippen LogP contribution is -2.30. The molecule has 0 amide bonds. The quantitative estimate of drug-likeness (QED) is 0.0222. The maximum absolute atomic E-state index is 13.2. The molecule has 0 fully saturated rings.